The molecule has 0 bridgehead atoms. The van der Waals surface area contributed by atoms with Crippen molar-refractivity contribution in [1.82, 2.24) is 5.32 Å². The lowest BCUT2D eigenvalue weighted by atomic mass is 9.82. The maximum absolute atomic E-state index is 13.0. The predicted octanol–water partition coefficient (Wildman–Crippen LogP) is 2.76. The van der Waals surface area contributed by atoms with Gasteiger partial charge in [0.15, 0.2) is 0 Å². The maximum atomic E-state index is 13.0. The molecule has 0 aliphatic heterocycles. The van der Waals surface area contributed by atoms with Gasteiger partial charge >= 0.3 is 0 Å². The molecular weight excluding hydrogens is 267 g/mol. The number of hydrogen-bond acceptors (Lipinski definition) is 2. The van der Waals surface area contributed by atoms with Crippen molar-refractivity contribution in [2.75, 3.05) is 0 Å². The number of nitrogens with one attached hydrogen (secondary N) is 1. The highest BCUT2D eigenvalue weighted by atomic mass is 35.5. The smallest absolute Gasteiger partial charge is 0.240 e. The molecule has 1 aliphatic rings. The summed E-state index contributed by atoms with van der Waals surface area (Å²) in [5, 5.41) is 2.87. The second kappa shape index (κ2) is 5.88. The second-order valence-corrected chi connectivity index (χ2v) is 5.56. The van der Waals surface area contributed by atoms with Crippen LogP contribution in [0.5, 0.6) is 0 Å². The first-order chi connectivity index (χ1) is 9.01. The molecule has 0 saturated heterocycles. The molecular formula is C14H18ClFN2O. The van der Waals surface area contributed by atoms with Crippen molar-refractivity contribution in [3.05, 3.63) is 34.6 Å². The standard InChI is InChI=1S/C14H18ClFN2O/c15-11-8-10(4-5-12(11)16)9-18-13(19)14(17)6-2-1-3-7-14/h4-5,8H,1-3,6-7,9,17H2,(H,18,19). The molecule has 0 aromatic heterocycles. The number of carbonyl (C=O) groups is 1. The van der Waals surface area contributed by atoms with E-state index in [1.54, 1.807) is 6.07 Å². The minimum atomic E-state index is -0.748. The lowest BCUT2D eigenvalue weighted by Gasteiger charge is -2.31. The number of nitrogens with two attached hydrogens (primary N) is 1. The quantitative estimate of drug-likeness (QED) is 0.897. The zero-order valence-corrected chi connectivity index (χ0v) is 11.5. The van der Waals surface area contributed by atoms with Crippen molar-refractivity contribution in [3.8, 4) is 0 Å². The van der Waals surface area contributed by atoms with Crippen LogP contribution in [0, 0.1) is 5.82 Å². The molecule has 1 aliphatic carbocycles. The Bertz CT molecular complexity index is 473. The average molecular weight is 285 g/mol. The Kier molecular flexibility index (Phi) is 4.42. The van der Waals surface area contributed by atoms with E-state index in [1.165, 1.54) is 12.1 Å². The third-order valence-electron chi connectivity index (χ3n) is 3.64. The van der Waals surface area contributed by atoms with Crippen molar-refractivity contribution < 1.29 is 9.18 Å². The fourth-order valence-corrected chi connectivity index (χ4v) is 2.62. The Labute approximate surface area is 117 Å². The van der Waals surface area contributed by atoms with Gasteiger partial charge in [0.25, 0.3) is 0 Å². The molecule has 1 aromatic carbocycles. The van der Waals surface area contributed by atoms with E-state index in [2.05, 4.69) is 5.32 Å². The Morgan fingerprint density at radius 3 is 2.68 bits per heavy atom. The summed E-state index contributed by atoms with van der Waals surface area (Å²) >= 11 is 5.69. The van der Waals surface area contributed by atoms with Crippen LogP contribution >= 0.6 is 11.6 Å². The molecule has 2 rings (SSSR count). The molecule has 104 valence electrons. The van der Waals surface area contributed by atoms with Gasteiger partial charge < -0.3 is 11.1 Å². The van der Waals surface area contributed by atoms with E-state index in [1.807, 2.05) is 0 Å². The van der Waals surface area contributed by atoms with Gasteiger partial charge in [-0.1, -0.05) is 36.9 Å². The molecule has 1 fully saturated rings. The molecule has 1 saturated carbocycles. The van der Waals surface area contributed by atoms with Gasteiger partial charge in [-0.2, -0.15) is 0 Å². The Balaban J connectivity index is 1.94. The molecule has 1 amide bonds. The fraction of sp³-hybridized carbons (Fsp3) is 0.500. The summed E-state index contributed by atoms with van der Waals surface area (Å²) in [6.45, 7) is 0.317. The van der Waals surface area contributed by atoms with Crippen LogP contribution in [0.4, 0.5) is 4.39 Å². The SMILES string of the molecule is NC1(C(=O)NCc2ccc(F)c(Cl)c2)CCCCC1. The van der Waals surface area contributed by atoms with E-state index in [4.69, 9.17) is 17.3 Å². The minimum Gasteiger partial charge on any atom is -0.350 e. The summed E-state index contributed by atoms with van der Waals surface area (Å²) in [6, 6.07) is 4.41. The second-order valence-electron chi connectivity index (χ2n) is 5.15. The first-order valence-corrected chi connectivity index (χ1v) is 6.90. The molecule has 5 heteroatoms. The Morgan fingerprint density at radius 1 is 1.37 bits per heavy atom. The molecule has 0 atom stereocenters. The zero-order chi connectivity index (χ0) is 13.9. The normalized spacial score (nSPS) is 18.1. The number of hydrogen-bond donors (Lipinski definition) is 2. The third-order valence-corrected chi connectivity index (χ3v) is 3.92. The molecule has 0 radical (unpaired) electrons. The van der Waals surface area contributed by atoms with E-state index < -0.39 is 11.4 Å². The summed E-state index contributed by atoms with van der Waals surface area (Å²) in [5.74, 6) is -0.591. The van der Waals surface area contributed by atoms with E-state index >= 15 is 0 Å². The predicted molar refractivity (Wildman–Crippen MR) is 73.3 cm³/mol. The van der Waals surface area contributed by atoms with Gasteiger partial charge in [0.2, 0.25) is 5.91 Å². The highest BCUT2D eigenvalue weighted by molar-refractivity contribution is 6.30. The number of benzene rings is 1. The first kappa shape index (κ1) is 14.3. The van der Waals surface area contributed by atoms with Crippen molar-refractivity contribution in [2.45, 2.75) is 44.2 Å². The minimum absolute atomic E-state index is 0.0619. The number of halogens is 2. The van der Waals surface area contributed by atoms with Crippen molar-refractivity contribution in [2.24, 2.45) is 5.73 Å². The Hall–Kier alpha value is -1.13. The van der Waals surface area contributed by atoms with Gasteiger partial charge in [0.05, 0.1) is 10.6 Å². The molecule has 0 unspecified atom stereocenters. The van der Waals surface area contributed by atoms with Crippen LogP contribution in [-0.4, -0.2) is 11.4 Å². The van der Waals surface area contributed by atoms with Gasteiger partial charge in [-0.05, 0) is 30.5 Å². The van der Waals surface area contributed by atoms with E-state index in [-0.39, 0.29) is 10.9 Å². The van der Waals surface area contributed by atoms with Gasteiger partial charge in [0.1, 0.15) is 5.82 Å². The topological polar surface area (TPSA) is 55.1 Å². The van der Waals surface area contributed by atoms with Crippen LogP contribution in [0.2, 0.25) is 5.02 Å². The average Bonchev–Trinajstić information content (AvgIpc) is 2.40. The summed E-state index contributed by atoms with van der Waals surface area (Å²) in [6.07, 6.45) is 4.57. The van der Waals surface area contributed by atoms with Crippen LogP contribution in [0.3, 0.4) is 0 Å². The molecule has 3 nitrogen and oxygen atoms in total. The lowest BCUT2D eigenvalue weighted by Crippen LogP contribution is -2.54. The molecule has 3 N–H and O–H groups in total. The lowest BCUT2D eigenvalue weighted by molar-refractivity contribution is -0.127. The monoisotopic (exact) mass is 284 g/mol. The van der Waals surface area contributed by atoms with Crippen LogP contribution in [0.25, 0.3) is 0 Å². The van der Waals surface area contributed by atoms with Gasteiger partial charge in [-0.25, -0.2) is 4.39 Å². The Morgan fingerprint density at radius 2 is 2.05 bits per heavy atom. The van der Waals surface area contributed by atoms with Crippen molar-refractivity contribution in [3.63, 3.8) is 0 Å². The van der Waals surface area contributed by atoms with Crippen molar-refractivity contribution in [1.29, 1.82) is 0 Å². The van der Waals surface area contributed by atoms with Crippen LogP contribution in [-0.2, 0) is 11.3 Å². The maximum Gasteiger partial charge on any atom is 0.240 e. The van der Waals surface area contributed by atoms with Crippen LogP contribution < -0.4 is 11.1 Å². The van der Waals surface area contributed by atoms with Gasteiger partial charge in [-0.3, -0.25) is 4.79 Å². The van der Waals surface area contributed by atoms with Gasteiger partial charge in [-0.15, -0.1) is 0 Å². The van der Waals surface area contributed by atoms with E-state index in [0.717, 1.165) is 37.7 Å². The third kappa shape index (κ3) is 3.45. The molecule has 1 aromatic rings. The zero-order valence-electron chi connectivity index (χ0n) is 10.7. The highest BCUT2D eigenvalue weighted by Gasteiger charge is 2.34. The van der Waals surface area contributed by atoms with Crippen molar-refractivity contribution >= 4 is 17.5 Å². The van der Waals surface area contributed by atoms with E-state index in [0.29, 0.717) is 6.54 Å². The highest BCUT2D eigenvalue weighted by Crippen LogP contribution is 2.26. The molecule has 19 heavy (non-hydrogen) atoms. The number of rotatable bonds is 3. The summed E-state index contributed by atoms with van der Waals surface area (Å²) in [4.78, 5) is 12.1. The first-order valence-electron chi connectivity index (χ1n) is 6.52. The largest absolute Gasteiger partial charge is 0.350 e. The summed E-state index contributed by atoms with van der Waals surface area (Å²) < 4.78 is 13.0. The van der Waals surface area contributed by atoms with E-state index in [9.17, 15) is 9.18 Å². The molecule has 0 spiro atoms. The summed E-state index contributed by atoms with van der Waals surface area (Å²) in [5.41, 5.74) is 6.14. The molecule has 0 heterocycles. The van der Waals surface area contributed by atoms with Crippen LogP contribution in [0.1, 0.15) is 37.7 Å². The number of amides is 1. The summed E-state index contributed by atoms with van der Waals surface area (Å²) in [7, 11) is 0. The number of carbonyl (C=O) groups excluding carboxylic acids is 1. The fourth-order valence-electron chi connectivity index (χ4n) is 2.42. The van der Waals surface area contributed by atoms with Gasteiger partial charge in [0, 0.05) is 6.54 Å². The van der Waals surface area contributed by atoms with Crippen LogP contribution in [0.15, 0.2) is 18.2 Å².